The lowest BCUT2D eigenvalue weighted by atomic mass is 10.1. The molecule has 1 aromatic heterocycles. The standard InChI is InChI=1S/C18H14O5/c1-22-18(21)15-9-5-12-10-14(23-17(12)16(15)20)8-4-11-2-6-13(19)7-3-11/h2-10,19-20H,1H3/b8-4+. The summed E-state index contributed by atoms with van der Waals surface area (Å²) >= 11 is 0. The van der Waals surface area contributed by atoms with E-state index in [2.05, 4.69) is 4.74 Å². The van der Waals surface area contributed by atoms with Crippen molar-refractivity contribution in [1.29, 1.82) is 0 Å². The van der Waals surface area contributed by atoms with Gasteiger partial charge in [-0.3, -0.25) is 0 Å². The van der Waals surface area contributed by atoms with Gasteiger partial charge in [-0.1, -0.05) is 18.2 Å². The number of hydrogen-bond acceptors (Lipinski definition) is 5. The van der Waals surface area contributed by atoms with Crippen LogP contribution in [0.2, 0.25) is 0 Å². The topological polar surface area (TPSA) is 79.9 Å². The Hall–Kier alpha value is -3.21. The van der Waals surface area contributed by atoms with Gasteiger partial charge in [0.2, 0.25) is 0 Å². The van der Waals surface area contributed by atoms with Gasteiger partial charge in [0.15, 0.2) is 11.3 Å². The minimum Gasteiger partial charge on any atom is -0.508 e. The largest absolute Gasteiger partial charge is 0.508 e. The third-order valence-corrected chi connectivity index (χ3v) is 3.42. The first-order chi connectivity index (χ1) is 11.1. The van der Waals surface area contributed by atoms with Crippen LogP contribution in [0.5, 0.6) is 11.5 Å². The van der Waals surface area contributed by atoms with Gasteiger partial charge >= 0.3 is 5.97 Å². The maximum atomic E-state index is 11.6. The van der Waals surface area contributed by atoms with Crippen LogP contribution in [-0.2, 0) is 4.74 Å². The SMILES string of the molecule is COC(=O)c1ccc2cc(/C=C/c3ccc(O)cc3)oc2c1O. The molecule has 0 radical (unpaired) electrons. The highest BCUT2D eigenvalue weighted by molar-refractivity contribution is 5.99. The highest BCUT2D eigenvalue weighted by atomic mass is 16.5. The fourth-order valence-electron chi connectivity index (χ4n) is 2.23. The van der Waals surface area contributed by atoms with Gasteiger partial charge in [0.05, 0.1) is 7.11 Å². The Labute approximate surface area is 132 Å². The quantitative estimate of drug-likeness (QED) is 0.719. The molecule has 5 nitrogen and oxygen atoms in total. The molecule has 0 saturated heterocycles. The summed E-state index contributed by atoms with van der Waals surface area (Å²) < 4.78 is 10.2. The summed E-state index contributed by atoms with van der Waals surface area (Å²) in [5.74, 6) is -0.128. The van der Waals surface area contributed by atoms with E-state index in [9.17, 15) is 15.0 Å². The van der Waals surface area contributed by atoms with Crippen molar-refractivity contribution in [2.45, 2.75) is 0 Å². The van der Waals surface area contributed by atoms with E-state index in [4.69, 9.17) is 4.42 Å². The number of furan rings is 1. The Morgan fingerprint density at radius 3 is 2.52 bits per heavy atom. The van der Waals surface area contributed by atoms with Crippen molar-refractivity contribution in [3.8, 4) is 11.5 Å². The van der Waals surface area contributed by atoms with Crippen LogP contribution in [0.15, 0.2) is 46.9 Å². The zero-order chi connectivity index (χ0) is 16.4. The van der Waals surface area contributed by atoms with E-state index in [1.54, 1.807) is 42.5 Å². The van der Waals surface area contributed by atoms with E-state index >= 15 is 0 Å². The number of fused-ring (bicyclic) bond motifs is 1. The number of carbonyl (C=O) groups excluding carboxylic acids is 1. The highest BCUT2D eigenvalue weighted by Crippen LogP contribution is 2.32. The van der Waals surface area contributed by atoms with Crippen LogP contribution in [0.3, 0.4) is 0 Å². The lowest BCUT2D eigenvalue weighted by Gasteiger charge is -2.01. The predicted octanol–water partition coefficient (Wildman–Crippen LogP) is 3.80. The third kappa shape index (κ3) is 2.89. The van der Waals surface area contributed by atoms with E-state index in [1.807, 2.05) is 6.08 Å². The molecule has 0 aliphatic carbocycles. The van der Waals surface area contributed by atoms with Crippen LogP contribution < -0.4 is 0 Å². The molecule has 0 saturated carbocycles. The molecule has 116 valence electrons. The summed E-state index contributed by atoms with van der Waals surface area (Å²) in [4.78, 5) is 11.6. The second-order valence-corrected chi connectivity index (χ2v) is 4.95. The van der Waals surface area contributed by atoms with Gasteiger partial charge in [-0.15, -0.1) is 0 Å². The molecule has 0 aliphatic rings. The number of rotatable bonds is 3. The zero-order valence-corrected chi connectivity index (χ0v) is 12.3. The molecule has 3 aromatic rings. The molecular formula is C18H14O5. The summed E-state index contributed by atoms with van der Waals surface area (Å²) in [6.45, 7) is 0. The summed E-state index contributed by atoms with van der Waals surface area (Å²) in [6.07, 6.45) is 3.55. The van der Waals surface area contributed by atoms with Gasteiger partial charge in [0, 0.05) is 5.39 Å². The molecule has 1 heterocycles. The van der Waals surface area contributed by atoms with Crippen molar-refractivity contribution < 1.29 is 24.2 Å². The Morgan fingerprint density at radius 1 is 1.09 bits per heavy atom. The molecule has 0 atom stereocenters. The van der Waals surface area contributed by atoms with Gasteiger partial charge in [0.25, 0.3) is 0 Å². The first kappa shape index (κ1) is 14.7. The summed E-state index contributed by atoms with van der Waals surface area (Å²) in [5.41, 5.74) is 1.18. The number of methoxy groups -OCH3 is 1. The van der Waals surface area contributed by atoms with Crippen LogP contribution in [0.4, 0.5) is 0 Å². The van der Waals surface area contributed by atoms with Gasteiger partial charge < -0.3 is 19.4 Å². The average molecular weight is 310 g/mol. The number of esters is 1. The second-order valence-electron chi connectivity index (χ2n) is 4.95. The van der Waals surface area contributed by atoms with Gasteiger partial charge in [-0.25, -0.2) is 4.79 Å². The summed E-state index contributed by atoms with van der Waals surface area (Å²) in [6, 6.07) is 11.6. The molecule has 23 heavy (non-hydrogen) atoms. The fourth-order valence-corrected chi connectivity index (χ4v) is 2.23. The molecule has 2 N–H and O–H groups in total. The molecule has 0 unspecified atom stereocenters. The summed E-state index contributed by atoms with van der Waals surface area (Å²) in [7, 11) is 1.25. The number of phenols is 2. The summed E-state index contributed by atoms with van der Waals surface area (Å²) in [5, 5.41) is 20.1. The third-order valence-electron chi connectivity index (χ3n) is 3.42. The Bertz CT molecular complexity index is 888. The van der Waals surface area contributed by atoms with E-state index in [-0.39, 0.29) is 22.6 Å². The molecule has 3 rings (SSSR count). The van der Waals surface area contributed by atoms with Crippen LogP contribution in [0, 0.1) is 0 Å². The zero-order valence-electron chi connectivity index (χ0n) is 12.3. The monoisotopic (exact) mass is 310 g/mol. The smallest absolute Gasteiger partial charge is 0.341 e. The number of phenolic OH excluding ortho intramolecular Hbond substituents is 2. The molecule has 0 fully saturated rings. The van der Waals surface area contributed by atoms with E-state index in [0.717, 1.165) is 5.56 Å². The number of aromatic hydroxyl groups is 2. The Balaban J connectivity index is 1.95. The number of hydrogen-bond donors (Lipinski definition) is 2. The first-order valence-electron chi connectivity index (χ1n) is 6.89. The van der Waals surface area contributed by atoms with Crippen molar-refractivity contribution in [1.82, 2.24) is 0 Å². The molecule has 2 aromatic carbocycles. The average Bonchev–Trinajstić information content (AvgIpc) is 2.98. The first-order valence-corrected chi connectivity index (χ1v) is 6.89. The fraction of sp³-hybridized carbons (Fsp3) is 0.0556. The molecule has 0 aliphatic heterocycles. The second kappa shape index (κ2) is 5.88. The van der Waals surface area contributed by atoms with Gasteiger partial charge in [-0.05, 0) is 42.0 Å². The molecule has 0 bridgehead atoms. The van der Waals surface area contributed by atoms with Crippen molar-refractivity contribution in [3.05, 3.63) is 59.4 Å². The lowest BCUT2D eigenvalue weighted by molar-refractivity contribution is 0.0597. The molecule has 5 heteroatoms. The van der Waals surface area contributed by atoms with Crippen molar-refractivity contribution in [3.63, 3.8) is 0 Å². The maximum absolute atomic E-state index is 11.6. The number of carbonyl (C=O) groups is 1. The normalized spacial score (nSPS) is 11.2. The molecule has 0 amide bonds. The van der Waals surface area contributed by atoms with E-state index in [1.165, 1.54) is 13.2 Å². The van der Waals surface area contributed by atoms with Crippen LogP contribution >= 0.6 is 0 Å². The van der Waals surface area contributed by atoms with E-state index < -0.39 is 5.97 Å². The molecular weight excluding hydrogens is 296 g/mol. The van der Waals surface area contributed by atoms with Crippen LogP contribution in [-0.4, -0.2) is 23.3 Å². The van der Waals surface area contributed by atoms with E-state index in [0.29, 0.717) is 11.1 Å². The van der Waals surface area contributed by atoms with Gasteiger partial charge in [-0.2, -0.15) is 0 Å². The minimum absolute atomic E-state index is 0.0587. The maximum Gasteiger partial charge on any atom is 0.341 e. The van der Waals surface area contributed by atoms with Crippen molar-refractivity contribution in [2.75, 3.05) is 7.11 Å². The number of ether oxygens (including phenoxy) is 1. The number of benzene rings is 2. The van der Waals surface area contributed by atoms with Crippen molar-refractivity contribution >= 4 is 29.1 Å². The Morgan fingerprint density at radius 2 is 1.83 bits per heavy atom. The minimum atomic E-state index is -0.623. The van der Waals surface area contributed by atoms with Crippen molar-refractivity contribution in [2.24, 2.45) is 0 Å². The highest BCUT2D eigenvalue weighted by Gasteiger charge is 2.17. The van der Waals surface area contributed by atoms with Gasteiger partial charge in [0.1, 0.15) is 17.1 Å². The molecule has 0 spiro atoms. The van der Waals surface area contributed by atoms with Crippen LogP contribution in [0.25, 0.3) is 23.1 Å². The Kier molecular flexibility index (Phi) is 3.76. The predicted molar refractivity (Wildman–Crippen MR) is 86.3 cm³/mol. The lowest BCUT2D eigenvalue weighted by Crippen LogP contribution is -2.01. The van der Waals surface area contributed by atoms with Crippen LogP contribution in [0.1, 0.15) is 21.7 Å².